The number of H-pyrrole nitrogens is 1. The zero-order valence-corrected chi connectivity index (χ0v) is 18.7. The molecule has 2 aromatic heterocycles. The van der Waals surface area contributed by atoms with Gasteiger partial charge in [0.25, 0.3) is 5.91 Å². The molecule has 3 heterocycles. The molecule has 1 aliphatic heterocycles. The van der Waals surface area contributed by atoms with E-state index in [1.165, 1.54) is 0 Å². The molecule has 172 valence electrons. The average molecular weight is 457 g/mol. The van der Waals surface area contributed by atoms with Gasteiger partial charge in [0.05, 0.1) is 31.7 Å². The van der Waals surface area contributed by atoms with Crippen LogP contribution in [0.15, 0.2) is 66.7 Å². The molecule has 0 bridgehead atoms. The fourth-order valence-electron chi connectivity index (χ4n) is 3.76. The molecule has 0 spiro atoms. The number of carbonyl (C=O) groups is 1. The molecule has 9 heteroatoms. The van der Waals surface area contributed by atoms with Crippen molar-refractivity contribution in [2.24, 2.45) is 0 Å². The first kappa shape index (κ1) is 21.6. The number of rotatable bonds is 6. The van der Waals surface area contributed by atoms with Crippen LogP contribution in [0.4, 0.5) is 11.5 Å². The first-order valence-electron chi connectivity index (χ1n) is 11.0. The molecular formula is C25H24N6O3. The van der Waals surface area contributed by atoms with E-state index < -0.39 is 0 Å². The van der Waals surface area contributed by atoms with Gasteiger partial charge in [0.1, 0.15) is 11.4 Å². The molecule has 9 nitrogen and oxygen atoms in total. The molecular weight excluding hydrogens is 432 g/mol. The Kier molecular flexibility index (Phi) is 6.17. The van der Waals surface area contributed by atoms with E-state index >= 15 is 0 Å². The quantitative estimate of drug-likeness (QED) is 0.456. The van der Waals surface area contributed by atoms with Crippen LogP contribution in [-0.4, -0.2) is 59.7 Å². The Hall–Kier alpha value is -4.24. The second kappa shape index (κ2) is 9.72. The van der Waals surface area contributed by atoms with E-state index in [0.29, 0.717) is 30.3 Å². The molecule has 5 rings (SSSR count). The highest BCUT2D eigenvalue weighted by molar-refractivity contribution is 6.03. The van der Waals surface area contributed by atoms with Crippen molar-refractivity contribution in [2.75, 3.05) is 43.6 Å². The zero-order valence-electron chi connectivity index (χ0n) is 18.7. The SMILES string of the molecule is COc1cccc(-c2cc(C(=O)Nc3cccc(-c4ccc(N5CCOCC5)nn4)c3)[nH]n2)c1. The van der Waals surface area contributed by atoms with Crippen molar-refractivity contribution < 1.29 is 14.3 Å². The van der Waals surface area contributed by atoms with Gasteiger partial charge in [0, 0.05) is 29.9 Å². The van der Waals surface area contributed by atoms with E-state index in [2.05, 4.69) is 30.6 Å². The summed E-state index contributed by atoms with van der Waals surface area (Å²) >= 11 is 0. The fraction of sp³-hybridized carbons (Fsp3) is 0.200. The number of morpholine rings is 1. The van der Waals surface area contributed by atoms with Crippen molar-refractivity contribution in [1.82, 2.24) is 20.4 Å². The molecule has 34 heavy (non-hydrogen) atoms. The Balaban J connectivity index is 1.28. The van der Waals surface area contributed by atoms with Gasteiger partial charge in [0.2, 0.25) is 0 Å². The number of aromatic amines is 1. The maximum absolute atomic E-state index is 12.8. The second-order valence-electron chi connectivity index (χ2n) is 7.81. The molecule has 4 aromatic rings. The third-order valence-corrected chi connectivity index (χ3v) is 5.59. The lowest BCUT2D eigenvalue weighted by Crippen LogP contribution is -2.36. The Morgan fingerprint density at radius 2 is 1.76 bits per heavy atom. The minimum Gasteiger partial charge on any atom is -0.497 e. The Morgan fingerprint density at radius 3 is 2.53 bits per heavy atom. The third-order valence-electron chi connectivity index (χ3n) is 5.59. The molecule has 0 radical (unpaired) electrons. The predicted octanol–water partition coefficient (Wildman–Crippen LogP) is 3.63. The zero-order chi connectivity index (χ0) is 23.3. The summed E-state index contributed by atoms with van der Waals surface area (Å²) in [6.07, 6.45) is 0. The summed E-state index contributed by atoms with van der Waals surface area (Å²) in [5.41, 5.74) is 4.12. The second-order valence-corrected chi connectivity index (χ2v) is 7.81. The highest BCUT2D eigenvalue weighted by Crippen LogP contribution is 2.24. The number of anilines is 2. The lowest BCUT2D eigenvalue weighted by atomic mass is 10.1. The molecule has 0 saturated carbocycles. The van der Waals surface area contributed by atoms with Crippen molar-refractivity contribution >= 4 is 17.4 Å². The maximum Gasteiger partial charge on any atom is 0.273 e. The van der Waals surface area contributed by atoms with Crippen LogP contribution in [0.3, 0.4) is 0 Å². The third kappa shape index (κ3) is 4.74. The first-order valence-corrected chi connectivity index (χ1v) is 11.0. The van der Waals surface area contributed by atoms with Crippen LogP contribution in [0, 0.1) is 0 Å². The lowest BCUT2D eigenvalue weighted by molar-refractivity contribution is 0.102. The summed E-state index contributed by atoms with van der Waals surface area (Å²) in [6.45, 7) is 3.01. The summed E-state index contributed by atoms with van der Waals surface area (Å²) in [7, 11) is 1.61. The van der Waals surface area contributed by atoms with Crippen LogP contribution in [0.2, 0.25) is 0 Å². The summed E-state index contributed by atoms with van der Waals surface area (Å²) in [5.74, 6) is 1.28. The van der Waals surface area contributed by atoms with E-state index in [9.17, 15) is 4.79 Å². The minimum atomic E-state index is -0.285. The number of nitrogens with one attached hydrogen (secondary N) is 2. The number of nitrogens with zero attached hydrogens (tertiary/aromatic N) is 4. The summed E-state index contributed by atoms with van der Waals surface area (Å²) in [4.78, 5) is 15.0. The van der Waals surface area contributed by atoms with Crippen LogP contribution in [0.5, 0.6) is 5.75 Å². The monoisotopic (exact) mass is 456 g/mol. The number of hydrogen-bond acceptors (Lipinski definition) is 7. The van der Waals surface area contributed by atoms with Gasteiger partial charge in [0.15, 0.2) is 5.82 Å². The van der Waals surface area contributed by atoms with Crippen molar-refractivity contribution in [2.45, 2.75) is 0 Å². The summed E-state index contributed by atoms with van der Waals surface area (Å²) in [5, 5.41) is 18.7. The fourth-order valence-corrected chi connectivity index (χ4v) is 3.76. The smallest absolute Gasteiger partial charge is 0.273 e. The number of hydrogen-bond donors (Lipinski definition) is 2. The highest BCUT2D eigenvalue weighted by Gasteiger charge is 2.14. The Morgan fingerprint density at radius 1 is 0.971 bits per heavy atom. The molecule has 0 unspecified atom stereocenters. The van der Waals surface area contributed by atoms with Crippen molar-refractivity contribution in [3.05, 3.63) is 72.4 Å². The van der Waals surface area contributed by atoms with Gasteiger partial charge in [-0.25, -0.2) is 0 Å². The largest absolute Gasteiger partial charge is 0.497 e. The van der Waals surface area contributed by atoms with E-state index in [1.807, 2.05) is 60.7 Å². The van der Waals surface area contributed by atoms with Gasteiger partial charge in [-0.1, -0.05) is 24.3 Å². The topological polar surface area (TPSA) is 105 Å². The van der Waals surface area contributed by atoms with Crippen LogP contribution in [0.25, 0.3) is 22.5 Å². The van der Waals surface area contributed by atoms with Crippen LogP contribution >= 0.6 is 0 Å². The standard InChI is InChI=1S/C25H24N6O3/c1-33-20-7-3-5-18(15-20)22-16-23(29-28-22)25(32)26-19-6-2-4-17(14-19)21-8-9-24(30-27-21)31-10-12-34-13-11-31/h2-9,14-16H,10-13H2,1H3,(H,26,32)(H,28,29). The maximum atomic E-state index is 12.8. The Bertz CT molecular complexity index is 1280. The first-order chi connectivity index (χ1) is 16.7. The summed E-state index contributed by atoms with van der Waals surface area (Å²) < 4.78 is 10.6. The molecule has 1 aliphatic rings. The molecule has 2 N–H and O–H groups in total. The summed E-state index contributed by atoms with van der Waals surface area (Å²) in [6, 6.07) is 20.6. The molecule has 1 saturated heterocycles. The van der Waals surface area contributed by atoms with Gasteiger partial charge < -0.3 is 19.7 Å². The molecule has 2 aromatic carbocycles. The number of aromatic nitrogens is 4. The van der Waals surface area contributed by atoms with Gasteiger partial charge in [-0.3, -0.25) is 9.89 Å². The van der Waals surface area contributed by atoms with Gasteiger partial charge in [-0.2, -0.15) is 5.10 Å². The van der Waals surface area contributed by atoms with Gasteiger partial charge in [-0.05, 0) is 42.5 Å². The number of methoxy groups -OCH3 is 1. The van der Waals surface area contributed by atoms with Gasteiger partial charge in [-0.15, -0.1) is 10.2 Å². The molecule has 0 aliphatic carbocycles. The number of carbonyl (C=O) groups excluding carboxylic acids is 1. The van der Waals surface area contributed by atoms with Crippen molar-refractivity contribution in [3.8, 4) is 28.3 Å². The minimum absolute atomic E-state index is 0.285. The van der Waals surface area contributed by atoms with Crippen LogP contribution in [-0.2, 0) is 4.74 Å². The van der Waals surface area contributed by atoms with E-state index in [4.69, 9.17) is 9.47 Å². The highest BCUT2D eigenvalue weighted by atomic mass is 16.5. The molecule has 1 fully saturated rings. The Labute approximate surface area is 196 Å². The van der Waals surface area contributed by atoms with Gasteiger partial charge >= 0.3 is 0 Å². The van der Waals surface area contributed by atoms with E-state index in [0.717, 1.165) is 41.5 Å². The van der Waals surface area contributed by atoms with Crippen LogP contribution < -0.4 is 15.0 Å². The lowest BCUT2D eigenvalue weighted by Gasteiger charge is -2.27. The molecule has 0 atom stereocenters. The van der Waals surface area contributed by atoms with Crippen LogP contribution in [0.1, 0.15) is 10.5 Å². The number of benzene rings is 2. The van der Waals surface area contributed by atoms with Crippen molar-refractivity contribution in [3.63, 3.8) is 0 Å². The number of ether oxygens (including phenoxy) is 2. The average Bonchev–Trinajstić information content (AvgIpc) is 3.40. The number of amides is 1. The predicted molar refractivity (Wildman–Crippen MR) is 129 cm³/mol. The van der Waals surface area contributed by atoms with E-state index in [-0.39, 0.29) is 5.91 Å². The molecule has 1 amide bonds. The normalized spacial score (nSPS) is 13.5. The van der Waals surface area contributed by atoms with Crippen molar-refractivity contribution in [1.29, 1.82) is 0 Å². The van der Waals surface area contributed by atoms with E-state index in [1.54, 1.807) is 13.2 Å².